The summed E-state index contributed by atoms with van der Waals surface area (Å²) in [5.74, 6) is 1.75. The van der Waals surface area contributed by atoms with Gasteiger partial charge in [-0.3, -0.25) is 0 Å². The summed E-state index contributed by atoms with van der Waals surface area (Å²) >= 11 is 0. The number of aromatic nitrogens is 2. The molecule has 0 unspecified atom stereocenters. The summed E-state index contributed by atoms with van der Waals surface area (Å²) < 4.78 is 19.0. The smallest absolute Gasteiger partial charge is 0.147 e. The molecule has 0 aliphatic rings. The highest BCUT2D eigenvalue weighted by Gasteiger charge is 2.35. The van der Waals surface area contributed by atoms with Gasteiger partial charge < -0.3 is 33.7 Å². The minimum Gasteiger partial charge on any atom is -0.505 e. The fourth-order valence-electron chi connectivity index (χ4n) is 15.1. The van der Waals surface area contributed by atoms with E-state index in [1.807, 2.05) is 0 Å². The van der Waals surface area contributed by atoms with Crippen molar-refractivity contribution in [2.75, 3.05) is 19.0 Å². The standard InChI is InChI=1S/C88H113N3O4/c1-53-28-38-77(67(40-53)69-46-60(87(22,23)51-81(4,5)6)48-75(79(69)92)90-71-34-29-56(83(10,11)12)42-63(71)64-43-57(84(13,14)15)30-35-72(64)90)94-54(2)41-55(3)95-78-39-33-62(89(26)27)50-68(78)70-47-61(88(24,25)52-82(7,8)9)49-76(80(70)93)91-73-36-31-58(85(16,17)18)44-65(73)66-45-59(86(19,20)21)32-37-74(66)91/h28-40,42-50,54-55,92-93H,41,51-52H2,1-27H3/t54-,55-/m1/s1. The Morgan fingerprint density at radius 1 is 0.368 bits per heavy atom. The Labute approximate surface area is 570 Å². The highest BCUT2D eigenvalue weighted by Crippen LogP contribution is 2.51. The minimum atomic E-state index is -0.328. The number of ether oxygens (including phenoxy) is 2. The molecule has 0 aliphatic heterocycles. The third-order valence-corrected chi connectivity index (χ3v) is 19.7. The molecule has 0 amide bonds. The first-order valence-electron chi connectivity index (χ1n) is 34.9. The number of rotatable bonds is 15. The van der Waals surface area contributed by atoms with Gasteiger partial charge in [0.05, 0.1) is 45.6 Å². The summed E-state index contributed by atoms with van der Waals surface area (Å²) in [4.78, 5) is 2.11. The van der Waals surface area contributed by atoms with E-state index in [1.165, 1.54) is 43.8 Å². The largest absolute Gasteiger partial charge is 0.505 e. The van der Waals surface area contributed by atoms with Gasteiger partial charge >= 0.3 is 0 Å². The topological polar surface area (TPSA) is 72.0 Å². The second-order valence-corrected chi connectivity index (χ2v) is 36.3. The highest BCUT2D eigenvalue weighted by molar-refractivity contribution is 6.11. The third-order valence-electron chi connectivity index (χ3n) is 19.7. The van der Waals surface area contributed by atoms with Crippen LogP contribution in [-0.4, -0.2) is 45.7 Å². The fraction of sp³-hybridized carbons (Fsp3) is 0.455. The number of aryl methyl sites for hydroxylation is 1. The number of nitrogens with zero attached hydrogens (tertiary/aromatic N) is 3. The Bertz CT molecular complexity index is 4410. The van der Waals surface area contributed by atoms with Gasteiger partial charge in [0, 0.05) is 70.0 Å². The minimum absolute atomic E-state index is 0.0196. The quantitative estimate of drug-likeness (QED) is 0.107. The fourth-order valence-corrected chi connectivity index (χ4v) is 15.1. The molecule has 0 saturated carbocycles. The normalized spacial score (nSPS) is 14.0. The first-order chi connectivity index (χ1) is 43.7. The zero-order chi connectivity index (χ0) is 70.0. The maximum absolute atomic E-state index is 13.4. The number of fused-ring (bicyclic) bond motifs is 6. The lowest BCUT2D eigenvalue weighted by atomic mass is 9.71. The van der Waals surface area contributed by atoms with Gasteiger partial charge in [0.15, 0.2) is 0 Å². The van der Waals surface area contributed by atoms with Gasteiger partial charge in [0.25, 0.3) is 0 Å². The van der Waals surface area contributed by atoms with Crippen molar-refractivity contribution < 1.29 is 19.7 Å². The van der Waals surface area contributed by atoms with Gasteiger partial charge in [-0.15, -0.1) is 0 Å². The maximum atomic E-state index is 13.4. The SMILES string of the molecule is Cc1ccc(O[C@H](C)C[C@@H](C)Oc2ccc(N(C)C)cc2-c2cc(C(C)(C)CC(C)(C)C)cc(-n3c4ccc(C(C)(C)C)cc4c4cc(C(C)(C)C)ccc43)c2O)c(-c2cc(C(C)(C)CC(C)(C)C)cc(-n3c4ccc(C(C)(C)C)cc4c4cc(C(C)(C)C)ccc43)c2O)c1. The van der Waals surface area contributed by atoms with Crippen LogP contribution in [0.1, 0.15) is 224 Å². The van der Waals surface area contributed by atoms with E-state index in [0.29, 0.717) is 23.5 Å². The van der Waals surface area contributed by atoms with Crippen LogP contribution in [-0.2, 0) is 32.5 Å². The van der Waals surface area contributed by atoms with Crippen molar-refractivity contribution in [1.29, 1.82) is 0 Å². The van der Waals surface area contributed by atoms with E-state index < -0.39 is 0 Å². The third kappa shape index (κ3) is 14.4. The van der Waals surface area contributed by atoms with E-state index in [9.17, 15) is 10.2 Å². The highest BCUT2D eigenvalue weighted by atomic mass is 16.5. The summed E-state index contributed by atoms with van der Waals surface area (Å²) in [5.41, 5.74) is 17.4. The number of phenols is 2. The summed E-state index contributed by atoms with van der Waals surface area (Å²) in [7, 11) is 4.12. The first kappa shape index (κ1) is 70.2. The average Bonchev–Trinajstić information content (AvgIpc) is 1.60. The maximum Gasteiger partial charge on any atom is 0.147 e. The molecular formula is C88H113N3O4. The zero-order valence-corrected chi connectivity index (χ0v) is 63.0. The summed E-state index contributed by atoms with van der Waals surface area (Å²) in [6, 6.07) is 49.2. The van der Waals surface area contributed by atoms with Crippen LogP contribution in [0.15, 0.2) is 133 Å². The van der Waals surface area contributed by atoms with E-state index in [2.05, 4.69) is 335 Å². The van der Waals surface area contributed by atoms with Crippen LogP contribution in [0.3, 0.4) is 0 Å². The van der Waals surface area contributed by atoms with Crippen molar-refractivity contribution in [3.8, 4) is 56.6 Å². The van der Waals surface area contributed by atoms with Crippen molar-refractivity contribution >= 4 is 49.3 Å². The van der Waals surface area contributed by atoms with E-state index >= 15 is 0 Å². The molecule has 2 N–H and O–H groups in total. The van der Waals surface area contributed by atoms with Crippen LogP contribution in [0.25, 0.3) is 77.2 Å². The molecule has 10 rings (SSSR count). The molecule has 504 valence electrons. The molecular weight excluding hydrogens is 1160 g/mol. The van der Waals surface area contributed by atoms with Crippen LogP contribution in [0.2, 0.25) is 0 Å². The van der Waals surface area contributed by atoms with E-state index in [4.69, 9.17) is 9.47 Å². The van der Waals surface area contributed by atoms with Gasteiger partial charge in [-0.25, -0.2) is 0 Å². The number of benzene rings is 8. The van der Waals surface area contributed by atoms with E-state index in [0.717, 1.165) is 85.4 Å². The lowest BCUT2D eigenvalue weighted by Gasteiger charge is -2.34. The van der Waals surface area contributed by atoms with Gasteiger partial charge in [-0.1, -0.05) is 188 Å². The second kappa shape index (κ2) is 24.5. The van der Waals surface area contributed by atoms with Crippen molar-refractivity contribution in [3.05, 3.63) is 172 Å². The predicted molar refractivity (Wildman–Crippen MR) is 409 cm³/mol. The van der Waals surface area contributed by atoms with Crippen LogP contribution in [0.5, 0.6) is 23.0 Å². The lowest BCUT2D eigenvalue weighted by Crippen LogP contribution is -2.25. The molecule has 10 aromatic rings. The van der Waals surface area contributed by atoms with Crippen LogP contribution >= 0.6 is 0 Å². The van der Waals surface area contributed by atoms with Crippen molar-refractivity contribution in [2.45, 2.75) is 237 Å². The number of anilines is 1. The lowest BCUT2D eigenvalue weighted by molar-refractivity contribution is 0.131. The molecule has 0 fully saturated rings. The number of hydrogen-bond acceptors (Lipinski definition) is 5. The Hall–Kier alpha value is -7.64. The van der Waals surface area contributed by atoms with Gasteiger partial charge in [-0.2, -0.15) is 0 Å². The molecule has 0 spiro atoms. The molecule has 7 nitrogen and oxygen atoms in total. The van der Waals surface area contributed by atoms with E-state index in [1.54, 1.807) is 0 Å². The number of aromatic hydroxyl groups is 2. The van der Waals surface area contributed by atoms with Gasteiger partial charge in [0.2, 0.25) is 0 Å². The number of hydrogen-bond donors (Lipinski definition) is 2. The van der Waals surface area contributed by atoms with Crippen molar-refractivity contribution in [2.24, 2.45) is 10.8 Å². The Balaban J connectivity index is 1.08. The predicted octanol–water partition coefficient (Wildman–Crippen LogP) is 24.2. The molecule has 95 heavy (non-hydrogen) atoms. The zero-order valence-electron chi connectivity index (χ0n) is 63.0. The molecule has 7 heteroatoms. The molecule has 8 aromatic carbocycles. The second-order valence-electron chi connectivity index (χ2n) is 36.3. The molecule has 2 atom stereocenters. The molecule has 2 heterocycles. The van der Waals surface area contributed by atoms with Gasteiger partial charge in [0.1, 0.15) is 23.0 Å². The van der Waals surface area contributed by atoms with Crippen LogP contribution in [0.4, 0.5) is 5.69 Å². The summed E-state index contributed by atoms with van der Waals surface area (Å²) in [5, 5.41) is 31.4. The van der Waals surface area contributed by atoms with Crippen LogP contribution < -0.4 is 14.4 Å². The molecule has 0 aliphatic carbocycles. The Morgan fingerprint density at radius 2 is 0.684 bits per heavy atom. The number of phenolic OH excluding ortho intramolecular Hbond substituents is 2. The molecule has 2 aromatic heterocycles. The average molecular weight is 1280 g/mol. The summed E-state index contributed by atoms with van der Waals surface area (Å²) in [6.45, 7) is 56.9. The van der Waals surface area contributed by atoms with Crippen molar-refractivity contribution in [1.82, 2.24) is 9.13 Å². The summed E-state index contributed by atoms with van der Waals surface area (Å²) in [6.07, 6.45) is 1.73. The molecule has 0 bridgehead atoms. The van der Waals surface area contributed by atoms with Crippen molar-refractivity contribution in [3.63, 3.8) is 0 Å². The van der Waals surface area contributed by atoms with Gasteiger partial charge in [-0.05, 0) is 213 Å². The van der Waals surface area contributed by atoms with E-state index in [-0.39, 0.29) is 67.0 Å². The monoisotopic (exact) mass is 1280 g/mol. The first-order valence-corrected chi connectivity index (χ1v) is 34.9. The Kier molecular flexibility index (Phi) is 18.1. The Morgan fingerprint density at radius 3 is 0.989 bits per heavy atom. The molecule has 0 saturated heterocycles. The van der Waals surface area contributed by atoms with Crippen LogP contribution in [0, 0.1) is 17.8 Å². The molecule has 0 radical (unpaired) electrons.